The quantitative estimate of drug-likeness (QED) is 0.646. The standard InChI is InChI=1S/C7H13N.C5H12/c1-2-7-3-5-8-6-4-7;1-3-5-4-2/h2,8H,3-6H2,1H3;3-5H2,1-2H3. The SMILES string of the molecule is CC=C1CCNCC1.CCCCC. The van der Waals surface area contributed by atoms with Gasteiger partial charge in [0.1, 0.15) is 0 Å². The fourth-order valence-corrected chi connectivity index (χ4v) is 1.39. The van der Waals surface area contributed by atoms with Crippen LogP contribution in [0.15, 0.2) is 11.6 Å². The fraction of sp³-hybridized carbons (Fsp3) is 0.833. The predicted molar refractivity (Wildman–Crippen MR) is 61.1 cm³/mol. The average Bonchev–Trinajstić information content (AvgIpc) is 2.21. The van der Waals surface area contributed by atoms with Gasteiger partial charge < -0.3 is 5.32 Å². The third-order valence-corrected chi connectivity index (χ3v) is 2.36. The summed E-state index contributed by atoms with van der Waals surface area (Å²) in [5, 5.41) is 3.31. The lowest BCUT2D eigenvalue weighted by Crippen LogP contribution is -2.22. The molecule has 1 fully saturated rings. The van der Waals surface area contributed by atoms with E-state index in [9.17, 15) is 0 Å². The number of piperidine rings is 1. The summed E-state index contributed by atoms with van der Waals surface area (Å²) in [6.07, 6.45) is 8.83. The maximum atomic E-state index is 3.31. The smallest absolute Gasteiger partial charge is 0.00115 e. The van der Waals surface area contributed by atoms with Gasteiger partial charge in [-0.25, -0.2) is 0 Å². The van der Waals surface area contributed by atoms with Crippen LogP contribution in [0.1, 0.15) is 52.9 Å². The van der Waals surface area contributed by atoms with Crippen LogP contribution in [0, 0.1) is 0 Å². The van der Waals surface area contributed by atoms with Gasteiger partial charge >= 0.3 is 0 Å². The van der Waals surface area contributed by atoms with Crippen molar-refractivity contribution in [3.8, 4) is 0 Å². The van der Waals surface area contributed by atoms with Gasteiger partial charge in [-0.15, -0.1) is 0 Å². The Morgan fingerprint density at radius 3 is 1.92 bits per heavy atom. The van der Waals surface area contributed by atoms with E-state index in [-0.39, 0.29) is 0 Å². The number of nitrogens with one attached hydrogen (secondary N) is 1. The lowest BCUT2D eigenvalue weighted by atomic mass is 10.1. The highest BCUT2D eigenvalue weighted by Crippen LogP contribution is 2.07. The van der Waals surface area contributed by atoms with E-state index >= 15 is 0 Å². The summed E-state index contributed by atoms with van der Waals surface area (Å²) in [4.78, 5) is 0. The van der Waals surface area contributed by atoms with Gasteiger partial charge in [0.15, 0.2) is 0 Å². The number of hydrogen-bond donors (Lipinski definition) is 1. The third kappa shape index (κ3) is 8.04. The zero-order chi connectivity index (χ0) is 9.94. The number of hydrogen-bond acceptors (Lipinski definition) is 1. The molecule has 0 bridgehead atoms. The van der Waals surface area contributed by atoms with Crippen molar-refractivity contribution < 1.29 is 0 Å². The van der Waals surface area contributed by atoms with Gasteiger partial charge in [0.05, 0.1) is 0 Å². The van der Waals surface area contributed by atoms with Crippen LogP contribution in [0.3, 0.4) is 0 Å². The summed E-state index contributed by atoms with van der Waals surface area (Å²) < 4.78 is 0. The van der Waals surface area contributed by atoms with E-state index in [2.05, 4.69) is 32.2 Å². The summed E-state index contributed by atoms with van der Waals surface area (Å²) in [6, 6.07) is 0. The van der Waals surface area contributed by atoms with Crippen LogP contribution >= 0.6 is 0 Å². The molecule has 0 aliphatic carbocycles. The highest BCUT2D eigenvalue weighted by atomic mass is 14.9. The second kappa shape index (κ2) is 9.79. The van der Waals surface area contributed by atoms with E-state index in [0.29, 0.717) is 0 Å². The average molecular weight is 183 g/mol. The van der Waals surface area contributed by atoms with Gasteiger partial charge in [-0.05, 0) is 32.9 Å². The molecule has 1 nitrogen and oxygen atoms in total. The van der Waals surface area contributed by atoms with Crippen molar-refractivity contribution in [3.63, 3.8) is 0 Å². The molecule has 0 radical (unpaired) electrons. The van der Waals surface area contributed by atoms with Gasteiger partial charge in [-0.3, -0.25) is 0 Å². The highest BCUT2D eigenvalue weighted by molar-refractivity contribution is 5.03. The van der Waals surface area contributed by atoms with Crippen LogP contribution in [-0.2, 0) is 0 Å². The Hall–Kier alpha value is -0.300. The van der Waals surface area contributed by atoms with Crippen molar-refractivity contribution in [2.45, 2.75) is 52.9 Å². The minimum atomic E-state index is 1.18. The highest BCUT2D eigenvalue weighted by Gasteiger charge is 2.00. The topological polar surface area (TPSA) is 12.0 Å². The van der Waals surface area contributed by atoms with Gasteiger partial charge in [-0.2, -0.15) is 0 Å². The number of allylic oxidation sites excluding steroid dienone is 1. The van der Waals surface area contributed by atoms with E-state index in [4.69, 9.17) is 0 Å². The molecular formula is C12H25N. The summed E-state index contributed by atoms with van der Waals surface area (Å²) in [5.74, 6) is 0. The van der Waals surface area contributed by atoms with E-state index in [0.717, 1.165) is 0 Å². The van der Waals surface area contributed by atoms with Crippen LogP contribution in [0.2, 0.25) is 0 Å². The molecule has 1 saturated heterocycles. The minimum Gasteiger partial charge on any atom is -0.316 e. The zero-order valence-corrected chi connectivity index (χ0v) is 9.53. The van der Waals surface area contributed by atoms with Gasteiger partial charge in [0, 0.05) is 0 Å². The van der Waals surface area contributed by atoms with Gasteiger partial charge in [0.2, 0.25) is 0 Å². The molecule has 0 unspecified atom stereocenters. The van der Waals surface area contributed by atoms with Gasteiger partial charge in [-0.1, -0.05) is 44.8 Å². The molecule has 0 aromatic heterocycles. The molecule has 1 aliphatic rings. The van der Waals surface area contributed by atoms with E-state index < -0.39 is 0 Å². The van der Waals surface area contributed by atoms with E-state index in [1.54, 1.807) is 5.57 Å². The first kappa shape index (κ1) is 12.7. The summed E-state index contributed by atoms with van der Waals surface area (Å²) >= 11 is 0. The fourth-order valence-electron chi connectivity index (χ4n) is 1.39. The molecule has 0 amide bonds. The van der Waals surface area contributed by atoms with E-state index in [1.165, 1.54) is 45.2 Å². The predicted octanol–water partition coefficient (Wildman–Crippen LogP) is 3.51. The monoisotopic (exact) mass is 183 g/mol. The molecular weight excluding hydrogens is 158 g/mol. The molecule has 0 atom stereocenters. The largest absolute Gasteiger partial charge is 0.316 e. The molecule has 1 aliphatic heterocycles. The molecule has 0 aromatic rings. The minimum absolute atomic E-state index is 1.18. The summed E-state index contributed by atoms with van der Waals surface area (Å²) in [5.41, 5.74) is 1.61. The van der Waals surface area contributed by atoms with Crippen LogP contribution in [0.5, 0.6) is 0 Å². The Balaban J connectivity index is 0.000000252. The van der Waals surface area contributed by atoms with Crippen molar-refractivity contribution in [3.05, 3.63) is 11.6 Å². The first-order chi connectivity index (χ1) is 6.35. The molecule has 0 aromatic carbocycles. The molecule has 78 valence electrons. The van der Waals surface area contributed by atoms with Crippen molar-refractivity contribution in [2.24, 2.45) is 0 Å². The molecule has 0 saturated carbocycles. The van der Waals surface area contributed by atoms with Crippen LogP contribution in [0.4, 0.5) is 0 Å². The normalized spacial score (nSPS) is 16.1. The van der Waals surface area contributed by atoms with Crippen molar-refractivity contribution in [1.82, 2.24) is 5.32 Å². The van der Waals surface area contributed by atoms with Crippen molar-refractivity contribution in [2.75, 3.05) is 13.1 Å². The Kier molecular flexibility index (Phi) is 9.56. The Morgan fingerprint density at radius 1 is 1.15 bits per heavy atom. The summed E-state index contributed by atoms with van der Waals surface area (Å²) in [7, 11) is 0. The van der Waals surface area contributed by atoms with Gasteiger partial charge in [0.25, 0.3) is 0 Å². The van der Waals surface area contributed by atoms with E-state index in [1.807, 2.05) is 0 Å². The number of rotatable bonds is 2. The molecule has 1 rings (SSSR count). The Labute approximate surface area is 83.6 Å². The molecule has 1 N–H and O–H groups in total. The first-order valence-corrected chi connectivity index (χ1v) is 5.69. The van der Waals surface area contributed by atoms with Crippen molar-refractivity contribution in [1.29, 1.82) is 0 Å². The third-order valence-electron chi connectivity index (χ3n) is 2.36. The van der Waals surface area contributed by atoms with Crippen LogP contribution in [0.25, 0.3) is 0 Å². The Morgan fingerprint density at radius 2 is 1.69 bits per heavy atom. The maximum absolute atomic E-state index is 3.31. The van der Waals surface area contributed by atoms with Crippen LogP contribution in [-0.4, -0.2) is 13.1 Å². The molecule has 1 heteroatoms. The first-order valence-electron chi connectivity index (χ1n) is 5.69. The number of unbranched alkanes of at least 4 members (excludes halogenated alkanes) is 2. The summed E-state index contributed by atoms with van der Waals surface area (Å²) in [6.45, 7) is 8.91. The van der Waals surface area contributed by atoms with Crippen molar-refractivity contribution >= 4 is 0 Å². The molecule has 1 heterocycles. The zero-order valence-electron chi connectivity index (χ0n) is 9.53. The Bertz CT molecular complexity index is 117. The van der Waals surface area contributed by atoms with Crippen LogP contribution < -0.4 is 5.32 Å². The second-order valence-electron chi connectivity index (χ2n) is 3.55. The lowest BCUT2D eigenvalue weighted by molar-refractivity contribution is 0.609. The maximum Gasteiger partial charge on any atom is -0.00115 e. The lowest BCUT2D eigenvalue weighted by Gasteiger charge is -2.13. The second-order valence-corrected chi connectivity index (χ2v) is 3.55. The molecule has 13 heavy (non-hydrogen) atoms. The molecule has 0 spiro atoms.